The van der Waals surface area contributed by atoms with Gasteiger partial charge in [-0.2, -0.15) is 0 Å². The maximum absolute atomic E-state index is 4.33. The maximum Gasteiger partial charge on any atom is 0.0939 e. The first kappa shape index (κ1) is 11.7. The molecule has 0 saturated carbocycles. The molecule has 0 saturated heterocycles. The molecule has 0 amide bonds. The molecule has 0 atom stereocenters. The average Bonchev–Trinajstić information content (AvgIpc) is 2.40. The normalized spacial score (nSPS) is 10.2. The van der Waals surface area contributed by atoms with Crippen LogP contribution in [0.3, 0.4) is 0 Å². The summed E-state index contributed by atoms with van der Waals surface area (Å²) in [7, 11) is 0. The van der Waals surface area contributed by atoms with Crippen molar-refractivity contribution in [1.82, 2.24) is 19.5 Å². The monoisotopic (exact) mass is 264 g/mol. The number of fused-ring (bicyclic) bond motifs is 1. The fourth-order valence-corrected chi connectivity index (χ4v) is 1.43. The summed E-state index contributed by atoms with van der Waals surface area (Å²) >= 11 is 0. The zero-order valence-corrected chi connectivity index (χ0v) is 11.4. The van der Waals surface area contributed by atoms with Gasteiger partial charge in [-0.15, -0.1) is 0 Å². The Bertz CT molecular complexity index is 449. The van der Waals surface area contributed by atoms with Gasteiger partial charge in [0.15, 0.2) is 0 Å². The van der Waals surface area contributed by atoms with Crippen molar-refractivity contribution in [2.75, 3.05) is 0 Å². The zero-order chi connectivity index (χ0) is 9.42. The van der Waals surface area contributed by atoms with E-state index >= 15 is 0 Å². The third kappa shape index (κ3) is 1.86. The largest absolute Gasteiger partial charge is 0.371 e. The van der Waals surface area contributed by atoms with Gasteiger partial charge in [0, 0.05) is 56.2 Å². The van der Waals surface area contributed by atoms with Crippen LogP contribution in [0.25, 0.3) is 11.2 Å². The topological polar surface area (TPSA) is 43.6 Å². The minimum absolute atomic E-state index is 0. The first-order valence-corrected chi connectivity index (χ1v) is 4.31. The summed E-state index contributed by atoms with van der Waals surface area (Å²) in [5.74, 6) is 1.70. The summed E-state index contributed by atoms with van der Waals surface area (Å²) < 4.78 is 2.06. The van der Waals surface area contributed by atoms with Gasteiger partial charge in [-0.1, -0.05) is 6.92 Å². The van der Waals surface area contributed by atoms with Crippen LogP contribution in [0, 0.1) is 20.0 Å². The van der Waals surface area contributed by atoms with E-state index in [9.17, 15) is 0 Å². The number of hydrogen-bond donors (Lipinski definition) is 0. The maximum atomic E-state index is 4.33. The SMILES string of the molecule is CCn1c(C)nc2[c-]nc(C)nc21.[Y]. The molecule has 0 fully saturated rings. The molecule has 0 aliphatic rings. The van der Waals surface area contributed by atoms with Crippen LogP contribution in [0.4, 0.5) is 0 Å². The fourth-order valence-electron chi connectivity index (χ4n) is 1.43. The second kappa shape index (κ2) is 4.45. The van der Waals surface area contributed by atoms with Crippen molar-refractivity contribution in [2.24, 2.45) is 0 Å². The molecule has 5 heteroatoms. The third-order valence-corrected chi connectivity index (χ3v) is 2.04. The molecule has 2 aromatic heterocycles. The Hall–Kier alpha value is -0.346. The van der Waals surface area contributed by atoms with E-state index in [-0.39, 0.29) is 32.7 Å². The van der Waals surface area contributed by atoms with Crippen LogP contribution in [-0.4, -0.2) is 19.5 Å². The van der Waals surface area contributed by atoms with Crippen LogP contribution in [0.5, 0.6) is 0 Å². The molecule has 0 bridgehead atoms. The molecule has 0 unspecified atom stereocenters. The third-order valence-electron chi connectivity index (χ3n) is 2.04. The molecule has 2 aromatic rings. The molecule has 0 aliphatic heterocycles. The Morgan fingerprint density at radius 1 is 1.29 bits per heavy atom. The Morgan fingerprint density at radius 2 is 2.00 bits per heavy atom. The van der Waals surface area contributed by atoms with Crippen LogP contribution in [-0.2, 0) is 39.3 Å². The van der Waals surface area contributed by atoms with E-state index in [1.54, 1.807) is 0 Å². The van der Waals surface area contributed by atoms with Gasteiger partial charge in [0.1, 0.15) is 0 Å². The summed E-state index contributed by atoms with van der Waals surface area (Å²) in [6.07, 6.45) is 2.87. The number of nitrogens with zero attached hydrogens (tertiary/aromatic N) is 4. The van der Waals surface area contributed by atoms with Crippen molar-refractivity contribution in [1.29, 1.82) is 0 Å². The molecule has 4 nitrogen and oxygen atoms in total. The first-order chi connectivity index (χ1) is 6.22. The predicted molar refractivity (Wildman–Crippen MR) is 49.3 cm³/mol. The van der Waals surface area contributed by atoms with Gasteiger partial charge in [-0.05, 0) is 20.0 Å². The molecular weight excluding hydrogens is 253 g/mol. The Balaban J connectivity index is 0.000000980. The van der Waals surface area contributed by atoms with Gasteiger partial charge in [-0.25, -0.2) is 0 Å². The predicted octanol–water partition coefficient (Wildman–Crippen LogP) is 1.26. The first-order valence-electron chi connectivity index (χ1n) is 4.31. The van der Waals surface area contributed by atoms with Gasteiger partial charge >= 0.3 is 0 Å². The van der Waals surface area contributed by atoms with Gasteiger partial charge in [0.2, 0.25) is 0 Å². The summed E-state index contributed by atoms with van der Waals surface area (Å²) in [5.41, 5.74) is 1.64. The van der Waals surface area contributed by atoms with E-state index in [1.165, 1.54) is 0 Å². The van der Waals surface area contributed by atoms with Crippen molar-refractivity contribution >= 4 is 11.2 Å². The van der Waals surface area contributed by atoms with Gasteiger partial charge in [0.05, 0.1) is 5.82 Å². The van der Waals surface area contributed by atoms with E-state index in [4.69, 9.17) is 0 Å². The van der Waals surface area contributed by atoms with E-state index < -0.39 is 0 Å². The number of rotatable bonds is 1. The van der Waals surface area contributed by atoms with Gasteiger partial charge < -0.3 is 14.5 Å². The number of hydrogen-bond acceptors (Lipinski definition) is 3. The summed E-state index contributed by atoms with van der Waals surface area (Å²) in [6, 6.07) is 0. The molecule has 0 spiro atoms. The van der Waals surface area contributed by atoms with Gasteiger partial charge in [0.25, 0.3) is 0 Å². The van der Waals surface area contributed by atoms with Crippen molar-refractivity contribution in [3.8, 4) is 0 Å². The molecule has 2 heterocycles. The van der Waals surface area contributed by atoms with E-state index in [0.29, 0.717) is 0 Å². The summed E-state index contributed by atoms with van der Waals surface area (Å²) in [4.78, 5) is 12.6. The molecule has 0 aliphatic carbocycles. The van der Waals surface area contributed by atoms with Crippen LogP contribution in [0.15, 0.2) is 0 Å². The van der Waals surface area contributed by atoms with Crippen molar-refractivity contribution in [3.63, 3.8) is 0 Å². The summed E-state index contributed by atoms with van der Waals surface area (Å²) in [5, 5.41) is 0. The minimum Gasteiger partial charge on any atom is -0.371 e. The zero-order valence-electron chi connectivity index (χ0n) is 8.57. The quantitative estimate of drug-likeness (QED) is 0.728. The Kier molecular flexibility index (Phi) is 3.73. The second-order valence-corrected chi connectivity index (χ2v) is 2.96. The Labute approximate surface area is 108 Å². The number of aromatic nitrogens is 4. The second-order valence-electron chi connectivity index (χ2n) is 2.96. The minimum atomic E-state index is 0. The van der Waals surface area contributed by atoms with Crippen LogP contribution in [0.1, 0.15) is 18.6 Å². The van der Waals surface area contributed by atoms with Crippen LogP contribution < -0.4 is 0 Å². The van der Waals surface area contributed by atoms with E-state index in [1.807, 2.05) is 13.8 Å². The average molecular weight is 264 g/mol. The van der Waals surface area contributed by atoms with Crippen molar-refractivity contribution in [3.05, 3.63) is 17.8 Å². The molecule has 0 N–H and O–H groups in total. The molecule has 71 valence electrons. The van der Waals surface area contributed by atoms with Crippen molar-refractivity contribution in [2.45, 2.75) is 27.3 Å². The van der Waals surface area contributed by atoms with E-state index in [0.717, 1.165) is 29.4 Å². The number of aryl methyl sites for hydroxylation is 3. The molecule has 1 radical (unpaired) electrons. The number of imidazole rings is 1. The molecular formula is C9H11N4Y-. The smallest absolute Gasteiger partial charge is 0.0939 e. The molecule has 14 heavy (non-hydrogen) atoms. The fraction of sp³-hybridized carbons (Fsp3) is 0.444. The van der Waals surface area contributed by atoms with Crippen LogP contribution >= 0.6 is 0 Å². The Morgan fingerprint density at radius 3 is 2.64 bits per heavy atom. The standard InChI is InChI=1S/C9H11N4.Y/c1-4-13-7(3)12-8-5-10-6(2)11-9(8)13;/h4H2,1-3H3;/q-1;. The molecule has 0 aromatic carbocycles. The van der Waals surface area contributed by atoms with Crippen molar-refractivity contribution < 1.29 is 32.7 Å². The molecule has 2 rings (SSSR count). The van der Waals surface area contributed by atoms with Crippen LogP contribution in [0.2, 0.25) is 0 Å². The van der Waals surface area contributed by atoms with Gasteiger partial charge in [-0.3, -0.25) is 4.98 Å². The summed E-state index contributed by atoms with van der Waals surface area (Å²) in [6.45, 7) is 6.78. The van der Waals surface area contributed by atoms with E-state index in [2.05, 4.69) is 32.6 Å².